The molecular formula is C9H20N2O2. The van der Waals surface area contributed by atoms with E-state index in [1.807, 2.05) is 0 Å². The molecule has 0 aromatic rings. The maximum atomic E-state index is 11.1. The standard InChI is InChI=1S/C9H20N2O2/c1-7(2)4-8(6-12)11-9(13)5-10-3/h7-8,10,12H,4-6H2,1-3H3,(H,11,13). The molecule has 0 radical (unpaired) electrons. The molecule has 0 heterocycles. The smallest absolute Gasteiger partial charge is 0.234 e. The first-order valence-electron chi connectivity index (χ1n) is 4.65. The molecule has 0 aliphatic carbocycles. The molecule has 0 bridgehead atoms. The van der Waals surface area contributed by atoms with Gasteiger partial charge in [-0.15, -0.1) is 0 Å². The van der Waals surface area contributed by atoms with Crippen molar-refractivity contribution in [2.75, 3.05) is 20.2 Å². The molecule has 0 aromatic carbocycles. The van der Waals surface area contributed by atoms with E-state index in [1.54, 1.807) is 7.05 Å². The molecular weight excluding hydrogens is 168 g/mol. The SMILES string of the molecule is CNCC(=O)NC(CO)CC(C)C. The Morgan fingerprint density at radius 2 is 2.08 bits per heavy atom. The number of aliphatic hydroxyl groups excluding tert-OH is 1. The second-order valence-corrected chi connectivity index (χ2v) is 3.61. The lowest BCUT2D eigenvalue weighted by molar-refractivity contribution is -0.121. The van der Waals surface area contributed by atoms with Crippen molar-refractivity contribution in [3.05, 3.63) is 0 Å². The number of rotatable bonds is 6. The lowest BCUT2D eigenvalue weighted by Crippen LogP contribution is -2.42. The van der Waals surface area contributed by atoms with Gasteiger partial charge >= 0.3 is 0 Å². The van der Waals surface area contributed by atoms with Crippen molar-refractivity contribution < 1.29 is 9.90 Å². The Morgan fingerprint density at radius 3 is 2.46 bits per heavy atom. The third kappa shape index (κ3) is 6.54. The molecule has 4 heteroatoms. The molecule has 0 aromatic heterocycles. The number of hydrogen-bond acceptors (Lipinski definition) is 3. The zero-order valence-corrected chi connectivity index (χ0v) is 8.63. The van der Waals surface area contributed by atoms with Crippen LogP contribution in [-0.4, -0.2) is 37.3 Å². The van der Waals surface area contributed by atoms with Crippen molar-refractivity contribution in [3.63, 3.8) is 0 Å². The Kier molecular flexibility index (Phi) is 6.54. The van der Waals surface area contributed by atoms with Crippen LogP contribution in [-0.2, 0) is 4.79 Å². The summed E-state index contributed by atoms with van der Waals surface area (Å²) in [5.41, 5.74) is 0. The molecule has 4 nitrogen and oxygen atoms in total. The van der Waals surface area contributed by atoms with Crippen LogP contribution in [0.4, 0.5) is 0 Å². The highest BCUT2D eigenvalue weighted by atomic mass is 16.3. The van der Waals surface area contributed by atoms with Gasteiger partial charge in [0.25, 0.3) is 0 Å². The molecule has 3 N–H and O–H groups in total. The van der Waals surface area contributed by atoms with Crippen LogP contribution in [0.3, 0.4) is 0 Å². The van der Waals surface area contributed by atoms with Crippen LogP contribution in [0.15, 0.2) is 0 Å². The highest BCUT2D eigenvalue weighted by Gasteiger charge is 2.11. The quantitative estimate of drug-likeness (QED) is 0.537. The van der Waals surface area contributed by atoms with Gasteiger partial charge in [-0.25, -0.2) is 0 Å². The van der Waals surface area contributed by atoms with E-state index in [-0.39, 0.29) is 18.6 Å². The lowest BCUT2D eigenvalue weighted by Gasteiger charge is -2.17. The number of aliphatic hydroxyl groups is 1. The summed E-state index contributed by atoms with van der Waals surface area (Å²) in [6, 6.07) is -0.110. The van der Waals surface area contributed by atoms with Crippen LogP contribution >= 0.6 is 0 Å². The monoisotopic (exact) mass is 188 g/mol. The average molecular weight is 188 g/mol. The molecule has 0 saturated carbocycles. The topological polar surface area (TPSA) is 61.4 Å². The minimum Gasteiger partial charge on any atom is -0.394 e. The summed E-state index contributed by atoms with van der Waals surface area (Å²) in [4.78, 5) is 11.1. The molecule has 0 saturated heterocycles. The summed E-state index contributed by atoms with van der Waals surface area (Å²) in [5.74, 6) is 0.411. The number of likely N-dealkylation sites (N-methyl/N-ethyl adjacent to an activating group) is 1. The van der Waals surface area contributed by atoms with Gasteiger partial charge in [0.15, 0.2) is 0 Å². The normalized spacial score (nSPS) is 13.0. The number of carbonyl (C=O) groups excluding carboxylic acids is 1. The molecule has 1 atom stereocenters. The summed E-state index contributed by atoms with van der Waals surface area (Å²) in [6.07, 6.45) is 0.811. The molecule has 13 heavy (non-hydrogen) atoms. The fourth-order valence-electron chi connectivity index (χ4n) is 1.19. The number of hydrogen-bond donors (Lipinski definition) is 3. The molecule has 0 fully saturated rings. The van der Waals surface area contributed by atoms with Crippen LogP contribution in [0.2, 0.25) is 0 Å². The van der Waals surface area contributed by atoms with Crippen molar-refractivity contribution in [3.8, 4) is 0 Å². The largest absolute Gasteiger partial charge is 0.394 e. The third-order valence-electron chi connectivity index (χ3n) is 1.68. The third-order valence-corrected chi connectivity index (χ3v) is 1.68. The van der Waals surface area contributed by atoms with E-state index in [0.717, 1.165) is 6.42 Å². The second-order valence-electron chi connectivity index (χ2n) is 3.61. The van der Waals surface area contributed by atoms with Crippen LogP contribution in [0.5, 0.6) is 0 Å². The molecule has 1 amide bonds. The van der Waals surface area contributed by atoms with Crippen molar-refractivity contribution in [1.82, 2.24) is 10.6 Å². The van der Waals surface area contributed by atoms with Crippen LogP contribution in [0.25, 0.3) is 0 Å². The van der Waals surface area contributed by atoms with Crippen LogP contribution in [0.1, 0.15) is 20.3 Å². The highest BCUT2D eigenvalue weighted by Crippen LogP contribution is 2.03. The maximum Gasteiger partial charge on any atom is 0.234 e. The van der Waals surface area contributed by atoms with Crippen molar-refractivity contribution in [2.24, 2.45) is 5.92 Å². The first-order valence-corrected chi connectivity index (χ1v) is 4.65. The summed E-state index contributed by atoms with van der Waals surface area (Å²) in [6.45, 7) is 4.43. The summed E-state index contributed by atoms with van der Waals surface area (Å²) < 4.78 is 0. The van der Waals surface area contributed by atoms with Gasteiger partial charge < -0.3 is 15.7 Å². The number of nitrogens with one attached hydrogen (secondary N) is 2. The van der Waals surface area contributed by atoms with Crippen molar-refractivity contribution in [1.29, 1.82) is 0 Å². The zero-order valence-electron chi connectivity index (χ0n) is 8.63. The molecule has 0 spiro atoms. The Labute approximate surface area is 79.7 Å². The highest BCUT2D eigenvalue weighted by molar-refractivity contribution is 5.78. The Bertz CT molecular complexity index is 149. The summed E-state index contributed by atoms with van der Waals surface area (Å²) in [7, 11) is 1.72. The Morgan fingerprint density at radius 1 is 1.46 bits per heavy atom. The van der Waals surface area contributed by atoms with Gasteiger partial charge in [-0.3, -0.25) is 4.79 Å². The molecule has 0 rings (SSSR count). The van der Waals surface area contributed by atoms with Gasteiger partial charge in [0.2, 0.25) is 5.91 Å². The summed E-state index contributed by atoms with van der Waals surface area (Å²) >= 11 is 0. The Balaban J connectivity index is 3.76. The maximum absolute atomic E-state index is 11.1. The van der Waals surface area contributed by atoms with E-state index in [9.17, 15) is 4.79 Å². The predicted molar refractivity (Wildman–Crippen MR) is 52.4 cm³/mol. The van der Waals surface area contributed by atoms with E-state index >= 15 is 0 Å². The first-order chi connectivity index (χ1) is 6.10. The van der Waals surface area contributed by atoms with Crippen molar-refractivity contribution in [2.45, 2.75) is 26.3 Å². The summed E-state index contributed by atoms with van der Waals surface area (Å²) in [5, 5.41) is 14.5. The van der Waals surface area contributed by atoms with E-state index in [1.165, 1.54) is 0 Å². The minimum absolute atomic E-state index is 0.00757. The van der Waals surface area contributed by atoms with Gasteiger partial charge in [-0.1, -0.05) is 13.8 Å². The minimum atomic E-state index is -0.110. The average Bonchev–Trinajstić information content (AvgIpc) is 2.02. The number of carbonyl (C=O) groups is 1. The molecule has 0 aliphatic rings. The molecule has 1 unspecified atom stereocenters. The van der Waals surface area contributed by atoms with E-state index in [4.69, 9.17) is 5.11 Å². The van der Waals surface area contributed by atoms with Crippen LogP contribution in [0, 0.1) is 5.92 Å². The van der Waals surface area contributed by atoms with Crippen LogP contribution < -0.4 is 10.6 Å². The van der Waals surface area contributed by atoms with E-state index < -0.39 is 0 Å². The van der Waals surface area contributed by atoms with Gasteiger partial charge in [0.1, 0.15) is 0 Å². The number of amides is 1. The zero-order chi connectivity index (χ0) is 10.3. The van der Waals surface area contributed by atoms with Gasteiger partial charge in [0.05, 0.1) is 19.2 Å². The predicted octanol–water partition coefficient (Wildman–Crippen LogP) is -0.271. The second kappa shape index (κ2) is 6.86. The van der Waals surface area contributed by atoms with Crippen molar-refractivity contribution >= 4 is 5.91 Å². The fourth-order valence-corrected chi connectivity index (χ4v) is 1.19. The van der Waals surface area contributed by atoms with Gasteiger partial charge in [0, 0.05) is 0 Å². The first kappa shape index (κ1) is 12.4. The lowest BCUT2D eigenvalue weighted by atomic mass is 10.0. The van der Waals surface area contributed by atoms with E-state index in [0.29, 0.717) is 12.5 Å². The van der Waals surface area contributed by atoms with E-state index in [2.05, 4.69) is 24.5 Å². The van der Waals surface area contributed by atoms with Gasteiger partial charge in [-0.05, 0) is 19.4 Å². The Hall–Kier alpha value is -0.610. The van der Waals surface area contributed by atoms with Gasteiger partial charge in [-0.2, -0.15) is 0 Å². The molecule has 78 valence electrons. The molecule has 0 aliphatic heterocycles. The fraction of sp³-hybridized carbons (Fsp3) is 0.889.